The lowest BCUT2D eigenvalue weighted by Gasteiger charge is -2.29. The molecule has 1 amide bonds. The summed E-state index contributed by atoms with van der Waals surface area (Å²) in [6.07, 6.45) is 4.19. The Morgan fingerprint density at radius 2 is 1.69 bits per heavy atom. The van der Waals surface area contributed by atoms with Crippen molar-refractivity contribution in [3.05, 3.63) is 77.4 Å². The van der Waals surface area contributed by atoms with Crippen molar-refractivity contribution in [2.45, 2.75) is 83.4 Å². The maximum atomic E-state index is 12.4. The van der Waals surface area contributed by atoms with Crippen LogP contribution in [0.1, 0.15) is 88.4 Å². The molecule has 12 heteroatoms. The molecule has 2 N–H and O–H groups in total. The van der Waals surface area contributed by atoms with E-state index in [0.717, 1.165) is 53.0 Å². The van der Waals surface area contributed by atoms with Gasteiger partial charge >= 0.3 is 6.09 Å². The van der Waals surface area contributed by atoms with Crippen molar-refractivity contribution in [1.82, 2.24) is 29.9 Å². The summed E-state index contributed by atoms with van der Waals surface area (Å²) < 4.78 is 23.9. The van der Waals surface area contributed by atoms with Gasteiger partial charge in [-0.3, -0.25) is 4.98 Å². The van der Waals surface area contributed by atoms with Crippen LogP contribution in [-0.2, 0) is 16.8 Å². The Bertz CT molecular complexity index is 1970. The maximum Gasteiger partial charge on any atom is 0.408 e. The summed E-state index contributed by atoms with van der Waals surface area (Å²) >= 11 is 0. The third-order valence-electron chi connectivity index (χ3n) is 8.97. The summed E-state index contributed by atoms with van der Waals surface area (Å²) in [5.74, 6) is 3.85. The molecule has 0 aliphatic heterocycles. The quantitative estimate of drug-likeness (QED) is 0.159. The number of ether oxygens (including phenoxy) is 4. The van der Waals surface area contributed by atoms with Crippen LogP contribution in [0.25, 0.3) is 16.6 Å². The predicted molar refractivity (Wildman–Crippen MR) is 188 cm³/mol. The molecule has 49 heavy (non-hydrogen) atoms. The van der Waals surface area contributed by atoms with Crippen LogP contribution in [0, 0.1) is 0 Å². The summed E-state index contributed by atoms with van der Waals surface area (Å²) in [5, 5.41) is 12.3. The number of benzene rings is 2. The zero-order chi connectivity index (χ0) is 34.9. The molecule has 2 unspecified atom stereocenters. The lowest BCUT2D eigenvalue weighted by atomic mass is 9.94. The first-order chi connectivity index (χ1) is 23.4. The van der Waals surface area contributed by atoms with Gasteiger partial charge in [0.1, 0.15) is 28.4 Å². The number of carbonyl (C=O) groups is 1. The standard InChI is InChI=1S/C37H45N7O5/c1-36(2,3)49-35(45)42-37(4,5)25-15-17-28(38-21-25)22-12-13-23(18-22)32-41-33-27-10-9-11-29(47-7)31(27)40-34(44(33)43-32)39-20-24-14-16-26(46-6)19-30(24)48-8/h9-11,14-17,19,21-23H,12-13,18,20H2,1-8H3,(H,39,40)(H,42,45). The van der Waals surface area contributed by atoms with E-state index in [-0.39, 0.29) is 11.8 Å². The zero-order valence-electron chi connectivity index (χ0n) is 29.5. The molecule has 1 saturated carbocycles. The fourth-order valence-electron chi connectivity index (χ4n) is 6.38. The molecule has 6 rings (SSSR count). The topological polar surface area (TPSA) is 134 Å². The minimum Gasteiger partial charge on any atom is -0.497 e. The Labute approximate surface area is 286 Å². The number of alkyl carbamates (subject to hydrolysis) is 1. The Kier molecular flexibility index (Phi) is 9.24. The average molecular weight is 668 g/mol. The second kappa shape index (κ2) is 13.4. The van der Waals surface area contributed by atoms with Crippen molar-refractivity contribution >= 4 is 28.6 Å². The van der Waals surface area contributed by atoms with Gasteiger partial charge in [0.2, 0.25) is 5.95 Å². The average Bonchev–Trinajstić information content (AvgIpc) is 3.74. The van der Waals surface area contributed by atoms with Crippen LogP contribution in [-0.4, -0.2) is 57.6 Å². The molecule has 0 bridgehead atoms. The molecule has 3 aromatic heterocycles. The largest absolute Gasteiger partial charge is 0.497 e. The van der Waals surface area contributed by atoms with Gasteiger partial charge in [-0.25, -0.2) is 14.8 Å². The smallest absolute Gasteiger partial charge is 0.408 e. The van der Waals surface area contributed by atoms with E-state index in [9.17, 15) is 4.79 Å². The van der Waals surface area contributed by atoms with Gasteiger partial charge in [0.25, 0.3) is 0 Å². The van der Waals surface area contributed by atoms with Crippen molar-refractivity contribution < 1.29 is 23.7 Å². The number of methoxy groups -OCH3 is 3. The van der Waals surface area contributed by atoms with E-state index in [4.69, 9.17) is 39.0 Å². The highest BCUT2D eigenvalue weighted by atomic mass is 16.6. The van der Waals surface area contributed by atoms with Gasteiger partial charge < -0.3 is 29.6 Å². The lowest BCUT2D eigenvalue weighted by molar-refractivity contribution is 0.0470. The Balaban J connectivity index is 1.24. The first-order valence-electron chi connectivity index (χ1n) is 16.5. The van der Waals surface area contributed by atoms with Gasteiger partial charge in [-0.2, -0.15) is 4.52 Å². The summed E-state index contributed by atoms with van der Waals surface area (Å²) in [6.45, 7) is 9.88. The summed E-state index contributed by atoms with van der Waals surface area (Å²) in [6, 6.07) is 15.7. The first kappa shape index (κ1) is 33.8. The molecule has 5 aromatic rings. The number of carbonyl (C=O) groups excluding carboxylic acids is 1. The normalized spacial score (nSPS) is 16.5. The Morgan fingerprint density at radius 3 is 2.39 bits per heavy atom. The molecular formula is C37H45N7O5. The molecule has 1 aliphatic carbocycles. The minimum absolute atomic E-state index is 0.159. The van der Waals surface area contributed by atoms with E-state index in [0.29, 0.717) is 35.2 Å². The van der Waals surface area contributed by atoms with Crippen molar-refractivity contribution in [3.63, 3.8) is 0 Å². The van der Waals surface area contributed by atoms with Crippen molar-refractivity contribution in [3.8, 4) is 17.2 Å². The van der Waals surface area contributed by atoms with Gasteiger partial charge in [-0.15, -0.1) is 5.10 Å². The van der Waals surface area contributed by atoms with Crippen molar-refractivity contribution in [2.75, 3.05) is 26.6 Å². The molecule has 3 heterocycles. The van der Waals surface area contributed by atoms with Gasteiger partial charge in [-0.1, -0.05) is 12.1 Å². The van der Waals surface area contributed by atoms with E-state index >= 15 is 0 Å². The fraction of sp³-hybridized carbons (Fsp3) is 0.432. The number of pyridine rings is 1. The van der Waals surface area contributed by atoms with Gasteiger partial charge in [0, 0.05) is 47.3 Å². The highest BCUT2D eigenvalue weighted by Gasteiger charge is 2.32. The number of hydrogen-bond donors (Lipinski definition) is 2. The molecule has 1 fully saturated rings. The van der Waals surface area contributed by atoms with E-state index in [2.05, 4.69) is 16.7 Å². The number of nitrogens with zero attached hydrogens (tertiary/aromatic N) is 5. The lowest BCUT2D eigenvalue weighted by Crippen LogP contribution is -2.43. The van der Waals surface area contributed by atoms with Crippen LogP contribution >= 0.6 is 0 Å². The van der Waals surface area contributed by atoms with E-state index in [1.54, 1.807) is 25.8 Å². The Morgan fingerprint density at radius 1 is 0.918 bits per heavy atom. The number of amides is 1. The minimum atomic E-state index is -0.643. The van der Waals surface area contributed by atoms with Crippen LogP contribution in [0.5, 0.6) is 17.2 Å². The molecule has 1 aliphatic rings. The van der Waals surface area contributed by atoms with Gasteiger partial charge in [-0.05, 0) is 89.8 Å². The monoisotopic (exact) mass is 667 g/mol. The van der Waals surface area contributed by atoms with Crippen LogP contribution in [0.4, 0.5) is 10.7 Å². The third-order valence-corrected chi connectivity index (χ3v) is 8.97. The molecule has 0 saturated heterocycles. The summed E-state index contributed by atoms with van der Waals surface area (Å²) in [4.78, 5) is 27.3. The van der Waals surface area contributed by atoms with Crippen LogP contribution in [0.15, 0.2) is 54.7 Å². The molecule has 0 radical (unpaired) electrons. The summed E-state index contributed by atoms with van der Waals surface area (Å²) in [5.41, 5.74) is 3.08. The van der Waals surface area contributed by atoms with Crippen molar-refractivity contribution in [1.29, 1.82) is 0 Å². The van der Waals surface area contributed by atoms with Crippen LogP contribution in [0.2, 0.25) is 0 Å². The predicted octanol–water partition coefficient (Wildman–Crippen LogP) is 7.12. The number of para-hydroxylation sites is 1. The Hall–Kier alpha value is -5.13. The second-order valence-corrected chi connectivity index (χ2v) is 14.0. The number of nitrogens with one attached hydrogen (secondary N) is 2. The number of anilines is 1. The fourth-order valence-corrected chi connectivity index (χ4v) is 6.38. The number of rotatable bonds is 10. The van der Waals surface area contributed by atoms with Crippen LogP contribution in [0.3, 0.4) is 0 Å². The zero-order valence-corrected chi connectivity index (χ0v) is 29.5. The molecular weight excluding hydrogens is 622 g/mol. The van der Waals surface area contributed by atoms with Gasteiger partial charge in [0.15, 0.2) is 11.5 Å². The number of aromatic nitrogens is 5. The highest BCUT2D eigenvalue weighted by Crippen LogP contribution is 2.43. The van der Waals surface area contributed by atoms with E-state index < -0.39 is 17.2 Å². The number of fused-ring (bicyclic) bond motifs is 3. The molecule has 0 spiro atoms. The van der Waals surface area contributed by atoms with E-state index in [1.165, 1.54) is 0 Å². The number of hydrogen-bond acceptors (Lipinski definition) is 10. The third kappa shape index (κ3) is 7.18. The SMILES string of the molecule is COc1ccc(CNc2nc3c(OC)cccc3c3nc(C4CCC(c5ccc(C(C)(C)NC(=O)OC(C)(C)C)cn5)C4)nn23)c(OC)c1. The highest BCUT2D eigenvalue weighted by molar-refractivity contribution is 5.96. The first-order valence-corrected chi connectivity index (χ1v) is 16.5. The van der Waals surface area contributed by atoms with E-state index in [1.807, 2.05) is 83.3 Å². The van der Waals surface area contributed by atoms with Crippen LogP contribution < -0.4 is 24.8 Å². The molecule has 258 valence electrons. The van der Waals surface area contributed by atoms with Gasteiger partial charge in [0.05, 0.1) is 26.9 Å². The maximum absolute atomic E-state index is 12.4. The van der Waals surface area contributed by atoms with Crippen molar-refractivity contribution in [2.24, 2.45) is 0 Å². The molecule has 2 atom stereocenters. The molecule has 12 nitrogen and oxygen atoms in total. The molecule has 2 aromatic carbocycles. The second-order valence-electron chi connectivity index (χ2n) is 14.0. The summed E-state index contributed by atoms with van der Waals surface area (Å²) in [7, 11) is 4.91.